The van der Waals surface area contributed by atoms with Crippen LogP contribution in [-0.2, 0) is 11.2 Å². The summed E-state index contributed by atoms with van der Waals surface area (Å²) in [5, 5.41) is 2.97. The zero-order chi connectivity index (χ0) is 16.7. The maximum absolute atomic E-state index is 12.0. The standard InChI is InChI=1S/C19H25N3O/c1-15-4-5-18(14-16(15)2)21-19(23)9-13-22(3)12-8-17-6-10-20-11-7-17/h4-7,10-11,14H,8-9,12-13H2,1-3H3,(H,21,23). The van der Waals surface area contributed by atoms with Gasteiger partial charge in [-0.3, -0.25) is 9.78 Å². The topological polar surface area (TPSA) is 45.2 Å². The molecule has 2 rings (SSSR count). The van der Waals surface area contributed by atoms with E-state index in [0.29, 0.717) is 6.42 Å². The molecule has 4 nitrogen and oxygen atoms in total. The number of hydrogen-bond acceptors (Lipinski definition) is 3. The molecule has 1 N–H and O–H groups in total. The van der Waals surface area contributed by atoms with Crippen LogP contribution in [0.3, 0.4) is 0 Å². The van der Waals surface area contributed by atoms with Crippen molar-refractivity contribution in [1.29, 1.82) is 0 Å². The fourth-order valence-corrected chi connectivity index (χ4v) is 2.32. The number of benzene rings is 1. The number of pyridine rings is 1. The molecule has 0 atom stereocenters. The Kier molecular flexibility index (Phi) is 6.29. The third-order valence-corrected chi connectivity index (χ3v) is 4.04. The summed E-state index contributed by atoms with van der Waals surface area (Å²) in [6.07, 6.45) is 5.09. The summed E-state index contributed by atoms with van der Waals surface area (Å²) in [5.41, 5.74) is 4.57. The lowest BCUT2D eigenvalue weighted by Crippen LogP contribution is -2.26. The van der Waals surface area contributed by atoms with E-state index in [4.69, 9.17) is 0 Å². The summed E-state index contributed by atoms with van der Waals surface area (Å²) < 4.78 is 0. The summed E-state index contributed by atoms with van der Waals surface area (Å²) in [6.45, 7) is 5.80. The molecule has 0 aliphatic heterocycles. The Morgan fingerprint density at radius 3 is 2.52 bits per heavy atom. The number of anilines is 1. The van der Waals surface area contributed by atoms with Gasteiger partial charge in [0.05, 0.1) is 0 Å². The van der Waals surface area contributed by atoms with E-state index in [1.165, 1.54) is 16.7 Å². The van der Waals surface area contributed by atoms with Gasteiger partial charge in [0.15, 0.2) is 0 Å². The second-order valence-electron chi connectivity index (χ2n) is 6.01. The van der Waals surface area contributed by atoms with Crippen LogP contribution in [0.15, 0.2) is 42.7 Å². The van der Waals surface area contributed by atoms with E-state index in [9.17, 15) is 4.79 Å². The van der Waals surface area contributed by atoms with E-state index in [-0.39, 0.29) is 5.91 Å². The van der Waals surface area contributed by atoms with Crippen molar-refractivity contribution in [3.05, 3.63) is 59.4 Å². The number of aromatic nitrogens is 1. The molecule has 0 saturated heterocycles. The third-order valence-electron chi connectivity index (χ3n) is 4.04. The van der Waals surface area contributed by atoms with Crippen LogP contribution in [0.2, 0.25) is 0 Å². The van der Waals surface area contributed by atoms with Crippen molar-refractivity contribution in [2.75, 3.05) is 25.5 Å². The smallest absolute Gasteiger partial charge is 0.225 e. The second kappa shape index (κ2) is 8.44. The van der Waals surface area contributed by atoms with E-state index in [1.54, 1.807) is 0 Å². The van der Waals surface area contributed by atoms with Gasteiger partial charge in [-0.2, -0.15) is 0 Å². The lowest BCUT2D eigenvalue weighted by atomic mass is 10.1. The molecular weight excluding hydrogens is 286 g/mol. The van der Waals surface area contributed by atoms with Crippen LogP contribution in [0.25, 0.3) is 0 Å². The molecule has 2 aromatic rings. The van der Waals surface area contributed by atoms with E-state index < -0.39 is 0 Å². The molecule has 0 aliphatic carbocycles. The third kappa shape index (κ3) is 5.83. The molecule has 0 saturated carbocycles. The predicted octanol–water partition coefficient (Wildman–Crippen LogP) is 3.20. The van der Waals surface area contributed by atoms with Crippen molar-refractivity contribution in [2.24, 2.45) is 0 Å². The molecule has 0 aliphatic rings. The largest absolute Gasteiger partial charge is 0.326 e. The Labute approximate surface area is 138 Å². The van der Waals surface area contributed by atoms with Crippen molar-refractivity contribution in [3.8, 4) is 0 Å². The Morgan fingerprint density at radius 1 is 1.09 bits per heavy atom. The number of carbonyl (C=O) groups is 1. The molecule has 0 radical (unpaired) electrons. The van der Waals surface area contributed by atoms with Gasteiger partial charge in [0.1, 0.15) is 0 Å². The number of nitrogens with zero attached hydrogens (tertiary/aromatic N) is 2. The maximum atomic E-state index is 12.0. The number of likely N-dealkylation sites (N-methyl/N-ethyl adjacent to an activating group) is 1. The Bertz CT molecular complexity index is 640. The highest BCUT2D eigenvalue weighted by Crippen LogP contribution is 2.14. The molecular formula is C19H25N3O. The Balaban J connectivity index is 1.72. The molecule has 1 aromatic carbocycles. The summed E-state index contributed by atoms with van der Waals surface area (Å²) in [4.78, 5) is 18.2. The summed E-state index contributed by atoms with van der Waals surface area (Å²) in [7, 11) is 2.05. The van der Waals surface area contributed by atoms with Crippen LogP contribution in [-0.4, -0.2) is 35.9 Å². The minimum atomic E-state index is 0.0593. The molecule has 0 spiro atoms. The molecule has 1 aromatic heterocycles. The van der Waals surface area contributed by atoms with Gasteiger partial charge in [-0.15, -0.1) is 0 Å². The van der Waals surface area contributed by atoms with Crippen molar-refractivity contribution < 1.29 is 4.79 Å². The van der Waals surface area contributed by atoms with Crippen molar-refractivity contribution >= 4 is 11.6 Å². The van der Waals surface area contributed by atoms with Crippen LogP contribution in [0, 0.1) is 13.8 Å². The molecule has 0 bridgehead atoms. The Hall–Kier alpha value is -2.20. The fourth-order valence-electron chi connectivity index (χ4n) is 2.32. The van der Waals surface area contributed by atoms with Crippen molar-refractivity contribution in [2.45, 2.75) is 26.7 Å². The van der Waals surface area contributed by atoms with Crippen molar-refractivity contribution in [1.82, 2.24) is 9.88 Å². The number of amides is 1. The highest BCUT2D eigenvalue weighted by molar-refractivity contribution is 5.90. The first-order valence-electron chi connectivity index (χ1n) is 7.99. The molecule has 122 valence electrons. The number of hydrogen-bond donors (Lipinski definition) is 1. The lowest BCUT2D eigenvalue weighted by Gasteiger charge is -2.16. The first-order valence-corrected chi connectivity index (χ1v) is 7.99. The van der Waals surface area contributed by atoms with Crippen LogP contribution < -0.4 is 5.32 Å². The molecule has 1 amide bonds. The van der Waals surface area contributed by atoms with Crippen LogP contribution >= 0.6 is 0 Å². The minimum absolute atomic E-state index is 0.0593. The van der Waals surface area contributed by atoms with E-state index >= 15 is 0 Å². The number of nitrogens with one attached hydrogen (secondary N) is 1. The summed E-state index contributed by atoms with van der Waals surface area (Å²) in [5.74, 6) is 0.0593. The van der Waals surface area contributed by atoms with Gasteiger partial charge >= 0.3 is 0 Å². The zero-order valence-electron chi connectivity index (χ0n) is 14.2. The van der Waals surface area contributed by atoms with Gasteiger partial charge in [0, 0.05) is 37.6 Å². The first-order chi connectivity index (χ1) is 11.0. The van der Waals surface area contributed by atoms with Crippen LogP contribution in [0.1, 0.15) is 23.1 Å². The monoisotopic (exact) mass is 311 g/mol. The van der Waals surface area contributed by atoms with Gasteiger partial charge in [-0.05, 0) is 68.3 Å². The molecule has 0 fully saturated rings. The minimum Gasteiger partial charge on any atom is -0.326 e. The predicted molar refractivity (Wildman–Crippen MR) is 94.6 cm³/mol. The average Bonchev–Trinajstić information content (AvgIpc) is 2.55. The number of aryl methyl sites for hydroxylation is 2. The quantitative estimate of drug-likeness (QED) is 0.854. The lowest BCUT2D eigenvalue weighted by molar-refractivity contribution is -0.116. The van der Waals surface area contributed by atoms with Gasteiger partial charge in [-0.25, -0.2) is 0 Å². The van der Waals surface area contributed by atoms with E-state index in [1.807, 2.05) is 49.8 Å². The summed E-state index contributed by atoms with van der Waals surface area (Å²) in [6, 6.07) is 10.1. The average molecular weight is 311 g/mol. The number of carbonyl (C=O) groups excluding carboxylic acids is 1. The van der Waals surface area contributed by atoms with Crippen LogP contribution in [0.4, 0.5) is 5.69 Å². The van der Waals surface area contributed by atoms with Gasteiger partial charge in [0.2, 0.25) is 5.91 Å². The SMILES string of the molecule is Cc1ccc(NC(=O)CCN(C)CCc2ccncc2)cc1C. The molecule has 1 heterocycles. The molecule has 0 unspecified atom stereocenters. The van der Waals surface area contributed by atoms with Gasteiger partial charge < -0.3 is 10.2 Å². The highest BCUT2D eigenvalue weighted by atomic mass is 16.1. The Morgan fingerprint density at radius 2 is 1.83 bits per heavy atom. The number of rotatable bonds is 7. The second-order valence-corrected chi connectivity index (χ2v) is 6.01. The fraction of sp³-hybridized carbons (Fsp3) is 0.368. The molecule has 23 heavy (non-hydrogen) atoms. The van der Waals surface area contributed by atoms with E-state index in [2.05, 4.69) is 29.0 Å². The van der Waals surface area contributed by atoms with Crippen LogP contribution in [0.5, 0.6) is 0 Å². The normalized spacial score (nSPS) is 10.8. The maximum Gasteiger partial charge on any atom is 0.225 e. The first kappa shape index (κ1) is 17.2. The van der Waals surface area contributed by atoms with Gasteiger partial charge in [-0.1, -0.05) is 6.07 Å². The highest BCUT2D eigenvalue weighted by Gasteiger charge is 2.06. The van der Waals surface area contributed by atoms with E-state index in [0.717, 1.165) is 25.2 Å². The summed E-state index contributed by atoms with van der Waals surface area (Å²) >= 11 is 0. The molecule has 4 heteroatoms. The van der Waals surface area contributed by atoms with Crippen molar-refractivity contribution in [3.63, 3.8) is 0 Å². The van der Waals surface area contributed by atoms with Gasteiger partial charge in [0.25, 0.3) is 0 Å². The zero-order valence-corrected chi connectivity index (χ0v) is 14.2.